The fourth-order valence-corrected chi connectivity index (χ4v) is 3.21. The molecule has 0 unspecified atom stereocenters. The van der Waals surface area contributed by atoms with Crippen molar-refractivity contribution in [1.82, 2.24) is 20.3 Å². The Balaban J connectivity index is 1.45. The maximum absolute atomic E-state index is 12.6. The highest BCUT2D eigenvalue weighted by molar-refractivity contribution is 5.98. The van der Waals surface area contributed by atoms with Gasteiger partial charge in [-0.1, -0.05) is 12.1 Å². The summed E-state index contributed by atoms with van der Waals surface area (Å²) in [6.07, 6.45) is 2.30. The number of ether oxygens (including phenoxy) is 1. The molecule has 4 rings (SSSR count). The molecule has 0 saturated carbocycles. The van der Waals surface area contributed by atoms with Gasteiger partial charge in [-0.3, -0.25) is 15.2 Å². The molecule has 8 nitrogen and oxygen atoms in total. The lowest BCUT2D eigenvalue weighted by atomic mass is 10.1. The highest BCUT2D eigenvalue weighted by Gasteiger charge is 2.12. The van der Waals surface area contributed by atoms with Gasteiger partial charge >= 0.3 is 0 Å². The first-order valence-electron chi connectivity index (χ1n) is 9.75. The van der Waals surface area contributed by atoms with Gasteiger partial charge in [0.15, 0.2) is 5.82 Å². The lowest BCUT2D eigenvalue weighted by Crippen LogP contribution is -2.25. The Hall–Kier alpha value is -4.20. The second-order valence-corrected chi connectivity index (χ2v) is 7.01. The highest BCUT2D eigenvalue weighted by Crippen LogP contribution is 2.20. The summed E-state index contributed by atoms with van der Waals surface area (Å²) in [5.41, 5.74) is 9.81. The van der Waals surface area contributed by atoms with Crippen LogP contribution >= 0.6 is 0 Å². The molecule has 4 aromatic rings. The Labute approximate surface area is 179 Å². The zero-order chi connectivity index (χ0) is 21.8. The van der Waals surface area contributed by atoms with Gasteiger partial charge in [0.05, 0.1) is 18.1 Å². The monoisotopic (exact) mass is 414 g/mol. The van der Waals surface area contributed by atoms with E-state index in [0.717, 1.165) is 23.3 Å². The summed E-state index contributed by atoms with van der Waals surface area (Å²) in [6.45, 7) is 0.515. The van der Waals surface area contributed by atoms with Crippen molar-refractivity contribution < 1.29 is 9.53 Å². The maximum Gasteiger partial charge on any atom is 0.251 e. The Morgan fingerprint density at radius 1 is 1.13 bits per heavy atom. The number of imidazole rings is 1. The largest absolute Gasteiger partial charge is 0.497 e. The van der Waals surface area contributed by atoms with Crippen LogP contribution < -0.4 is 15.8 Å². The Kier molecular flexibility index (Phi) is 5.61. The van der Waals surface area contributed by atoms with Crippen molar-refractivity contribution in [1.29, 1.82) is 5.41 Å². The van der Waals surface area contributed by atoms with Gasteiger partial charge < -0.3 is 20.8 Å². The molecule has 0 atom stereocenters. The maximum atomic E-state index is 12.6. The van der Waals surface area contributed by atoms with E-state index in [1.54, 1.807) is 37.6 Å². The number of carbonyl (C=O) groups is 1. The van der Waals surface area contributed by atoms with E-state index in [2.05, 4.69) is 20.3 Å². The van der Waals surface area contributed by atoms with Crippen LogP contribution in [0.1, 0.15) is 21.5 Å². The molecular formula is C23H22N6O2. The molecule has 0 fully saturated rings. The van der Waals surface area contributed by atoms with Crippen molar-refractivity contribution in [3.63, 3.8) is 0 Å². The topological polar surface area (TPSA) is 130 Å². The number of methoxy groups -OCH3 is 1. The number of benzene rings is 2. The van der Waals surface area contributed by atoms with Crippen LogP contribution in [-0.4, -0.2) is 40.3 Å². The van der Waals surface area contributed by atoms with Crippen molar-refractivity contribution >= 4 is 22.8 Å². The number of nitrogens with two attached hydrogens (primary N) is 1. The Morgan fingerprint density at radius 3 is 2.68 bits per heavy atom. The first-order valence-corrected chi connectivity index (χ1v) is 9.75. The molecular weight excluding hydrogens is 392 g/mol. The van der Waals surface area contributed by atoms with E-state index >= 15 is 0 Å². The number of nitrogens with zero attached hydrogens (tertiary/aromatic N) is 2. The minimum absolute atomic E-state index is 0.0158. The molecule has 2 heterocycles. The first kappa shape index (κ1) is 20.1. The number of rotatable bonds is 7. The highest BCUT2D eigenvalue weighted by atomic mass is 16.5. The number of carbonyl (C=O) groups excluding carboxylic acids is 1. The zero-order valence-corrected chi connectivity index (χ0v) is 17.0. The summed E-state index contributed by atoms with van der Waals surface area (Å²) < 4.78 is 5.15. The summed E-state index contributed by atoms with van der Waals surface area (Å²) in [5, 5.41) is 10.5. The van der Waals surface area contributed by atoms with Crippen LogP contribution in [0.25, 0.3) is 22.6 Å². The number of hydrogen-bond acceptors (Lipinski definition) is 5. The van der Waals surface area contributed by atoms with Gasteiger partial charge in [-0.15, -0.1) is 0 Å². The lowest BCUT2D eigenvalue weighted by molar-refractivity contribution is 0.0954. The van der Waals surface area contributed by atoms with E-state index in [4.69, 9.17) is 15.9 Å². The van der Waals surface area contributed by atoms with Crippen molar-refractivity contribution in [2.75, 3.05) is 13.7 Å². The number of hydrogen-bond donors (Lipinski definition) is 4. The van der Waals surface area contributed by atoms with Crippen LogP contribution in [0.5, 0.6) is 5.75 Å². The molecule has 0 radical (unpaired) electrons. The van der Waals surface area contributed by atoms with E-state index in [1.807, 2.05) is 30.3 Å². The van der Waals surface area contributed by atoms with Gasteiger partial charge in [0.1, 0.15) is 17.3 Å². The number of H-pyrrole nitrogens is 1. The molecule has 0 aliphatic carbocycles. The summed E-state index contributed by atoms with van der Waals surface area (Å²) in [5.74, 6) is 1.16. The number of aromatic nitrogens is 3. The number of nitrogen functional groups attached to an aromatic ring is 1. The van der Waals surface area contributed by atoms with Crippen LogP contribution in [0.3, 0.4) is 0 Å². The second kappa shape index (κ2) is 8.66. The number of aromatic amines is 1. The third-order valence-corrected chi connectivity index (χ3v) is 4.92. The molecule has 0 aliphatic heterocycles. The molecule has 5 N–H and O–H groups in total. The smallest absolute Gasteiger partial charge is 0.251 e. The zero-order valence-electron chi connectivity index (χ0n) is 17.0. The molecule has 0 aliphatic rings. The lowest BCUT2D eigenvalue weighted by Gasteiger charge is -2.07. The summed E-state index contributed by atoms with van der Waals surface area (Å²) in [6, 6.07) is 16.5. The second-order valence-electron chi connectivity index (χ2n) is 7.01. The fourth-order valence-electron chi connectivity index (χ4n) is 3.21. The van der Waals surface area contributed by atoms with Gasteiger partial charge in [-0.05, 0) is 54.4 Å². The average molecular weight is 414 g/mol. The van der Waals surface area contributed by atoms with Gasteiger partial charge in [-0.2, -0.15) is 0 Å². The van der Waals surface area contributed by atoms with Crippen LogP contribution in [-0.2, 0) is 6.42 Å². The van der Waals surface area contributed by atoms with Crippen LogP contribution in [0.2, 0.25) is 0 Å². The molecule has 0 bridgehead atoms. The Morgan fingerprint density at radius 2 is 1.94 bits per heavy atom. The van der Waals surface area contributed by atoms with Gasteiger partial charge in [0.25, 0.3) is 5.91 Å². The predicted octanol–water partition coefficient (Wildman–Crippen LogP) is 2.89. The Bertz CT molecular complexity index is 1250. The number of nitrogens with one attached hydrogen (secondary N) is 3. The van der Waals surface area contributed by atoms with Crippen LogP contribution in [0, 0.1) is 5.41 Å². The van der Waals surface area contributed by atoms with Gasteiger partial charge in [0, 0.05) is 23.9 Å². The molecule has 0 spiro atoms. The van der Waals surface area contributed by atoms with Gasteiger partial charge in [0.2, 0.25) is 0 Å². The predicted molar refractivity (Wildman–Crippen MR) is 119 cm³/mol. The summed E-state index contributed by atoms with van der Waals surface area (Å²) in [4.78, 5) is 24.6. The van der Waals surface area contributed by atoms with Gasteiger partial charge in [-0.25, -0.2) is 4.98 Å². The quantitative estimate of drug-likeness (QED) is 0.273. The van der Waals surface area contributed by atoms with E-state index in [0.29, 0.717) is 34.7 Å². The number of amidine groups is 1. The minimum atomic E-state index is -0.174. The fraction of sp³-hybridized carbons (Fsp3) is 0.130. The minimum Gasteiger partial charge on any atom is -0.497 e. The number of amides is 1. The molecule has 31 heavy (non-hydrogen) atoms. The molecule has 0 saturated heterocycles. The van der Waals surface area contributed by atoms with Crippen molar-refractivity contribution in [3.05, 3.63) is 77.5 Å². The summed E-state index contributed by atoms with van der Waals surface area (Å²) >= 11 is 0. The van der Waals surface area contributed by atoms with E-state index in [9.17, 15) is 4.79 Å². The molecule has 2 aromatic heterocycles. The standard InChI is InChI=1S/C23H22N6O2/c1-31-17-5-2-14(3-6-17)8-10-27-23(30)16-9-11-26-20(13-16)22-28-18-7-4-15(21(24)25)12-19(18)29-22/h2-7,9,11-13H,8,10H2,1H3,(H3,24,25)(H,27,30)(H,28,29). The van der Waals surface area contributed by atoms with Crippen molar-refractivity contribution in [2.45, 2.75) is 6.42 Å². The first-order chi connectivity index (χ1) is 15.0. The van der Waals surface area contributed by atoms with Crippen LogP contribution in [0.15, 0.2) is 60.8 Å². The molecule has 156 valence electrons. The average Bonchev–Trinajstić information content (AvgIpc) is 3.23. The van der Waals surface area contributed by atoms with E-state index < -0.39 is 0 Å². The van der Waals surface area contributed by atoms with Crippen molar-refractivity contribution in [2.24, 2.45) is 5.73 Å². The van der Waals surface area contributed by atoms with Crippen LogP contribution in [0.4, 0.5) is 0 Å². The SMILES string of the molecule is COc1ccc(CCNC(=O)c2ccnc(-c3nc4cc(C(=N)N)ccc4[nH]3)c2)cc1. The van der Waals surface area contributed by atoms with E-state index in [1.165, 1.54) is 0 Å². The molecule has 1 amide bonds. The normalized spacial score (nSPS) is 10.7. The summed E-state index contributed by atoms with van der Waals surface area (Å²) in [7, 11) is 1.63. The van der Waals surface area contributed by atoms with Crippen molar-refractivity contribution in [3.8, 4) is 17.3 Å². The third kappa shape index (κ3) is 4.53. The number of pyridine rings is 1. The third-order valence-electron chi connectivity index (χ3n) is 4.92. The molecule has 2 aromatic carbocycles. The number of fused-ring (bicyclic) bond motifs is 1. The molecule has 8 heteroatoms. The van der Waals surface area contributed by atoms with E-state index in [-0.39, 0.29) is 11.7 Å².